The Morgan fingerprint density at radius 1 is 1.07 bits per heavy atom. The number of fused-ring (bicyclic) bond motifs is 1. The van der Waals surface area contributed by atoms with Crippen LogP contribution in [0.3, 0.4) is 0 Å². The van der Waals surface area contributed by atoms with Gasteiger partial charge < -0.3 is 10.2 Å². The molecule has 1 aliphatic rings. The zero-order valence-corrected chi connectivity index (χ0v) is 16.4. The predicted octanol–water partition coefficient (Wildman–Crippen LogP) is 4.80. The highest BCUT2D eigenvalue weighted by Gasteiger charge is 2.20. The molecule has 0 spiro atoms. The number of aromatic nitrogens is 2. The lowest BCUT2D eigenvalue weighted by atomic mass is 10.0. The Hall–Kier alpha value is -3.08. The molecule has 2 heterocycles. The lowest BCUT2D eigenvalue weighted by molar-refractivity contribution is 0.206. The highest BCUT2D eigenvalue weighted by atomic mass is 16.2. The highest BCUT2D eigenvalue weighted by Crippen LogP contribution is 2.23. The first-order chi connectivity index (χ1) is 13.6. The fourth-order valence-corrected chi connectivity index (χ4v) is 3.60. The third-order valence-corrected chi connectivity index (χ3v) is 5.07. The maximum absolute atomic E-state index is 12.6. The van der Waals surface area contributed by atoms with E-state index in [4.69, 9.17) is 0 Å². The number of carbonyl (C=O) groups excluding carboxylic acids is 1. The van der Waals surface area contributed by atoms with E-state index in [1.54, 1.807) is 0 Å². The summed E-state index contributed by atoms with van der Waals surface area (Å²) in [5, 5.41) is 7.44. The molecule has 0 bridgehead atoms. The summed E-state index contributed by atoms with van der Waals surface area (Å²) in [6.45, 7) is 6.68. The van der Waals surface area contributed by atoms with E-state index in [1.807, 2.05) is 46.1 Å². The molecule has 3 aromatic rings. The van der Waals surface area contributed by atoms with Crippen molar-refractivity contribution in [1.82, 2.24) is 14.7 Å². The molecule has 0 fully saturated rings. The van der Waals surface area contributed by atoms with Crippen molar-refractivity contribution in [2.75, 3.05) is 11.9 Å². The van der Waals surface area contributed by atoms with E-state index in [0.717, 1.165) is 36.3 Å². The lowest BCUT2D eigenvalue weighted by Crippen LogP contribution is -2.38. The molecular weight excluding hydrogens is 348 g/mol. The zero-order chi connectivity index (χ0) is 19.5. The van der Waals surface area contributed by atoms with E-state index >= 15 is 0 Å². The molecule has 1 N–H and O–H groups in total. The van der Waals surface area contributed by atoms with Gasteiger partial charge in [0.05, 0.1) is 6.20 Å². The average Bonchev–Trinajstić information content (AvgIpc) is 3.16. The van der Waals surface area contributed by atoms with Crippen molar-refractivity contribution in [3.05, 3.63) is 72.1 Å². The molecule has 5 nitrogen and oxygen atoms in total. The summed E-state index contributed by atoms with van der Waals surface area (Å²) < 4.78 is 1.98. The second-order valence-electron chi connectivity index (χ2n) is 7.79. The van der Waals surface area contributed by atoms with Gasteiger partial charge in [0.1, 0.15) is 0 Å². The number of urea groups is 1. The van der Waals surface area contributed by atoms with Crippen LogP contribution in [0, 0.1) is 5.92 Å². The third-order valence-electron chi connectivity index (χ3n) is 5.07. The zero-order valence-electron chi connectivity index (χ0n) is 16.4. The monoisotopic (exact) mass is 374 g/mol. The van der Waals surface area contributed by atoms with Gasteiger partial charge >= 0.3 is 6.03 Å². The molecule has 5 heteroatoms. The fraction of sp³-hybridized carbons (Fsp3) is 0.304. The van der Waals surface area contributed by atoms with Gasteiger partial charge in [-0.3, -0.25) is 4.68 Å². The number of hydrogen-bond acceptors (Lipinski definition) is 2. The van der Waals surface area contributed by atoms with Crippen LogP contribution in [0.4, 0.5) is 10.5 Å². The molecule has 0 atom stereocenters. The van der Waals surface area contributed by atoms with Crippen molar-refractivity contribution < 1.29 is 4.79 Å². The van der Waals surface area contributed by atoms with E-state index in [2.05, 4.69) is 48.7 Å². The summed E-state index contributed by atoms with van der Waals surface area (Å²) in [5.74, 6) is 0.562. The summed E-state index contributed by atoms with van der Waals surface area (Å²) in [5.41, 5.74) is 5.57. The van der Waals surface area contributed by atoms with Crippen LogP contribution in [0.25, 0.3) is 11.1 Å². The lowest BCUT2D eigenvalue weighted by Gasteiger charge is -2.29. The van der Waals surface area contributed by atoms with Gasteiger partial charge in [-0.05, 0) is 41.2 Å². The first kappa shape index (κ1) is 18.3. The van der Waals surface area contributed by atoms with E-state index in [9.17, 15) is 4.79 Å². The minimum atomic E-state index is -0.0491. The Morgan fingerprint density at radius 3 is 2.57 bits per heavy atom. The summed E-state index contributed by atoms with van der Waals surface area (Å²) >= 11 is 0. The Bertz CT molecular complexity index is 959. The van der Waals surface area contributed by atoms with Crippen LogP contribution in [0.1, 0.15) is 25.0 Å². The Labute approximate surface area is 166 Å². The number of rotatable bonds is 4. The number of carbonyl (C=O) groups is 1. The van der Waals surface area contributed by atoms with Crippen molar-refractivity contribution in [3.63, 3.8) is 0 Å². The second kappa shape index (κ2) is 7.89. The largest absolute Gasteiger partial charge is 0.322 e. The van der Waals surface area contributed by atoms with Gasteiger partial charge in [-0.25, -0.2) is 4.79 Å². The maximum atomic E-state index is 12.6. The Morgan fingerprint density at radius 2 is 1.82 bits per heavy atom. The normalized spacial score (nSPS) is 13.5. The number of hydrogen-bond donors (Lipinski definition) is 1. The van der Waals surface area contributed by atoms with Crippen LogP contribution in [0.2, 0.25) is 0 Å². The van der Waals surface area contributed by atoms with Gasteiger partial charge in [0.2, 0.25) is 0 Å². The van der Waals surface area contributed by atoms with Gasteiger partial charge in [0.15, 0.2) is 0 Å². The number of nitrogens with zero attached hydrogens (tertiary/aromatic N) is 3. The smallest absolute Gasteiger partial charge is 0.320 e. The standard InChI is InChI=1S/C23H26N4O/c1-17(2)14-27-16-21(13-24-27)19-7-9-22(10-8-19)25-23(28)26-12-11-18-5-3-4-6-20(18)15-26/h3-10,13,16-17H,11-12,14-15H2,1-2H3,(H,25,28). The van der Waals surface area contributed by atoms with Crippen molar-refractivity contribution >= 4 is 11.7 Å². The molecule has 1 aliphatic heterocycles. The molecule has 0 aliphatic carbocycles. The van der Waals surface area contributed by atoms with Crippen molar-refractivity contribution in [3.8, 4) is 11.1 Å². The van der Waals surface area contributed by atoms with E-state index in [0.29, 0.717) is 12.5 Å². The fourth-order valence-electron chi connectivity index (χ4n) is 3.60. The molecule has 0 saturated carbocycles. The van der Waals surface area contributed by atoms with Crippen LogP contribution in [0.15, 0.2) is 60.9 Å². The van der Waals surface area contributed by atoms with Crippen LogP contribution in [-0.4, -0.2) is 27.3 Å². The first-order valence-electron chi connectivity index (χ1n) is 9.84. The first-order valence-corrected chi connectivity index (χ1v) is 9.84. The van der Waals surface area contributed by atoms with E-state index in [1.165, 1.54) is 11.1 Å². The SMILES string of the molecule is CC(C)Cn1cc(-c2ccc(NC(=O)N3CCc4ccccc4C3)cc2)cn1. The number of nitrogens with one attached hydrogen (secondary N) is 1. The highest BCUT2D eigenvalue weighted by molar-refractivity contribution is 5.89. The molecular formula is C23H26N4O. The molecule has 0 unspecified atom stereocenters. The minimum absolute atomic E-state index is 0.0491. The quantitative estimate of drug-likeness (QED) is 0.713. The van der Waals surface area contributed by atoms with Gasteiger partial charge in [0, 0.05) is 37.1 Å². The minimum Gasteiger partial charge on any atom is -0.320 e. The predicted molar refractivity (Wildman–Crippen MR) is 112 cm³/mol. The second-order valence-corrected chi connectivity index (χ2v) is 7.79. The maximum Gasteiger partial charge on any atom is 0.322 e. The van der Waals surface area contributed by atoms with Gasteiger partial charge in [0.25, 0.3) is 0 Å². The van der Waals surface area contributed by atoms with Gasteiger partial charge in [-0.15, -0.1) is 0 Å². The molecule has 4 rings (SSSR count). The topological polar surface area (TPSA) is 50.2 Å². The number of benzene rings is 2. The van der Waals surface area contributed by atoms with Crippen molar-refractivity contribution in [2.45, 2.75) is 33.4 Å². The molecule has 144 valence electrons. The summed E-state index contributed by atoms with van der Waals surface area (Å²) in [4.78, 5) is 14.5. The van der Waals surface area contributed by atoms with Crippen LogP contribution >= 0.6 is 0 Å². The summed E-state index contributed by atoms with van der Waals surface area (Å²) in [6, 6.07) is 16.2. The van der Waals surface area contributed by atoms with Gasteiger partial charge in [-0.2, -0.15) is 5.10 Å². The Kier molecular flexibility index (Phi) is 5.15. The number of amides is 2. The van der Waals surface area contributed by atoms with E-state index in [-0.39, 0.29) is 6.03 Å². The molecule has 2 aromatic carbocycles. The summed E-state index contributed by atoms with van der Waals surface area (Å²) in [7, 11) is 0. The third kappa shape index (κ3) is 4.09. The molecule has 28 heavy (non-hydrogen) atoms. The average molecular weight is 374 g/mol. The summed E-state index contributed by atoms with van der Waals surface area (Å²) in [6.07, 6.45) is 4.86. The molecule has 0 saturated heterocycles. The Balaban J connectivity index is 1.39. The van der Waals surface area contributed by atoms with Crippen LogP contribution in [0.5, 0.6) is 0 Å². The molecule has 1 aromatic heterocycles. The van der Waals surface area contributed by atoms with E-state index < -0.39 is 0 Å². The van der Waals surface area contributed by atoms with Crippen molar-refractivity contribution in [1.29, 1.82) is 0 Å². The molecule has 2 amide bonds. The van der Waals surface area contributed by atoms with Crippen LogP contribution < -0.4 is 5.32 Å². The van der Waals surface area contributed by atoms with Gasteiger partial charge in [-0.1, -0.05) is 50.2 Å². The number of anilines is 1. The van der Waals surface area contributed by atoms with Crippen molar-refractivity contribution in [2.24, 2.45) is 5.92 Å². The van der Waals surface area contributed by atoms with Crippen LogP contribution in [-0.2, 0) is 19.5 Å². The molecule has 0 radical (unpaired) electrons.